The van der Waals surface area contributed by atoms with Gasteiger partial charge in [-0.2, -0.15) is 0 Å². The van der Waals surface area contributed by atoms with Gasteiger partial charge in [-0.05, 0) is 77.0 Å². The first-order chi connectivity index (χ1) is 37.0. The quantitative estimate of drug-likeness (QED) is 0.0261. The second-order valence-electron chi connectivity index (χ2n) is 22.7. The van der Waals surface area contributed by atoms with Crippen LogP contribution in [0.15, 0.2) is 36.5 Å². The Morgan fingerprint density at radius 2 is 0.480 bits per heavy atom. The van der Waals surface area contributed by atoms with Crippen molar-refractivity contribution in [3.63, 3.8) is 0 Å². The number of allylic oxidation sites excluding steroid dienone is 6. The van der Waals surface area contributed by atoms with Crippen LogP contribution in [0.3, 0.4) is 0 Å². The molecule has 0 heterocycles. The van der Waals surface area contributed by atoms with Gasteiger partial charge in [0.25, 0.3) is 0 Å². The largest absolute Gasteiger partial charge is 0.462 e. The van der Waals surface area contributed by atoms with Crippen molar-refractivity contribution in [3.05, 3.63) is 36.5 Å². The summed E-state index contributed by atoms with van der Waals surface area (Å²) in [5.74, 6) is -0.856. The van der Waals surface area contributed by atoms with Crippen LogP contribution in [0, 0.1) is 0 Å². The van der Waals surface area contributed by atoms with E-state index < -0.39 is 6.10 Å². The van der Waals surface area contributed by atoms with Gasteiger partial charge in [0.1, 0.15) is 13.2 Å². The van der Waals surface area contributed by atoms with Gasteiger partial charge in [0.05, 0.1) is 0 Å². The number of carbonyl (C=O) groups is 3. The van der Waals surface area contributed by atoms with Gasteiger partial charge < -0.3 is 14.2 Å². The number of rotatable bonds is 62. The van der Waals surface area contributed by atoms with Crippen LogP contribution in [-0.2, 0) is 28.6 Å². The van der Waals surface area contributed by atoms with Crippen LogP contribution in [0.25, 0.3) is 0 Å². The minimum atomic E-state index is -0.774. The van der Waals surface area contributed by atoms with Gasteiger partial charge in [-0.15, -0.1) is 0 Å². The lowest BCUT2D eigenvalue weighted by atomic mass is 10.0. The number of carbonyl (C=O) groups excluding carboxylic acids is 3. The molecule has 0 saturated carbocycles. The van der Waals surface area contributed by atoms with E-state index in [1.54, 1.807) is 0 Å². The number of esters is 3. The van der Waals surface area contributed by atoms with Crippen LogP contribution in [0.5, 0.6) is 0 Å². The summed E-state index contributed by atoms with van der Waals surface area (Å²) in [6.45, 7) is 6.67. The Morgan fingerprint density at radius 1 is 0.267 bits per heavy atom. The summed E-state index contributed by atoms with van der Waals surface area (Å²) >= 11 is 0. The maximum atomic E-state index is 12.9. The van der Waals surface area contributed by atoms with Gasteiger partial charge in [-0.1, -0.05) is 308 Å². The molecular weight excluding hydrogens is 925 g/mol. The lowest BCUT2D eigenvalue weighted by molar-refractivity contribution is -0.167. The lowest BCUT2D eigenvalue weighted by Crippen LogP contribution is -2.30. The third-order valence-corrected chi connectivity index (χ3v) is 15.1. The second-order valence-corrected chi connectivity index (χ2v) is 22.7. The van der Waals surface area contributed by atoms with Gasteiger partial charge in [-0.3, -0.25) is 14.4 Å². The molecule has 0 rings (SSSR count). The maximum Gasteiger partial charge on any atom is 0.306 e. The fourth-order valence-electron chi connectivity index (χ4n) is 10.1. The van der Waals surface area contributed by atoms with E-state index in [1.165, 1.54) is 257 Å². The number of unbranched alkanes of at least 4 members (excludes halogenated alkanes) is 45. The highest BCUT2D eigenvalue weighted by atomic mass is 16.6. The van der Waals surface area contributed by atoms with Crippen molar-refractivity contribution in [1.29, 1.82) is 0 Å². The fourth-order valence-corrected chi connectivity index (χ4v) is 10.1. The third kappa shape index (κ3) is 62.4. The average Bonchev–Trinajstić information content (AvgIpc) is 3.41. The molecule has 1 unspecified atom stereocenters. The van der Waals surface area contributed by atoms with Crippen LogP contribution in [-0.4, -0.2) is 37.2 Å². The molecule has 0 aliphatic rings. The van der Waals surface area contributed by atoms with Crippen molar-refractivity contribution in [2.75, 3.05) is 13.2 Å². The van der Waals surface area contributed by atoms with E-state index in [0.717, 1.165) is 70.6 Å². The molecule has 0 fully saturated rings. The van der Waals surface area contributed by atoms with E-state index in [1.807, 2.05) is 0 Å². The summed E-state index contributed by atoms with van der Waals surface area (Å²) < 4.78 is 17.0. The van der Waals surface area contributed by atoms with Gasteiger partial charge >= 0.3 is 17.9 Å². The van der Waals surface area contributed by atoms with Crippen molar-refractivity contribution in [1.82, 2.24) is 0 Å². The molecule has 0 amide bonds. The van der Waals surface area contributed by atoms with Crippen molar-refractivity contribution in [3.8, 4) is 0 Å². The van der Waals surface area contributed by atoms with Gasteiger partial charge in [0.2, 0.25) is 0 Å². The van der Waals surface area contributed by atoms with Crippen LogP contribution in [0.4, 0.5) is 0 Å². The number of hydrogen-bond acceptors (Lipinski definition) is 6. The lowest BCUT2D eigenvalue weighted by Gasteiger charge is -2.18. The fraction of sp³-hybridized carbons (Fsp3) is 0.870. The Kier molecular flexibility index (Phi) is 62.1. The Labute approximate surface area is 467 Å². The van der Waals surface area contributed by atoms with Gasteiger partial charge in [-0.25, -0.2) is 0 Å². The predicted octanol–water partition coefficient (Wildman–Crippen LogP) is 22.8. The van der Waals surface area contributed by atoms with Gasteiger partial charge in [0.15, 0.2) is 6.10 Å². The van der Waals surface area contributed by atoms with Gasteiger partial charge in [0, 0.05) is 19.3 Å². The molecule has 0 aliphatic carbocycles. The normalized spacial score (nSPS) is 12.2. The number of ether oxygens (including phenoxy) is 3. The minimum absolute atomic E-state index is 0.0714. The monoisotopic (exact) mass is 1050 g/mol. The first-order valence-corrected chi connectivity index (χ1v) is 33.5. The molecule has 0 aromatic carbocycles. The number of hydrogen-bond donors (Lipinski definition) is 0. The summed E-state index contributed by atoms with van der Waals surface area (Å²) in [7, 11) is 0. The van der Waals surface area contributed by atoms with Crippen LogP contribution in [0.2, 0.25) is 0 Å². The first-order valence-electron chi connectivity index (χ1n) is 33.5. The molecule has 1 atom stereocenters. The Morgan fingerprint density at radius 3 is 0.760 bits per heavy atom. The molecule has 0 aromatic heterocycles. The minimum Gasteiger partial charge on any atom is -0.462 e. The summed E-state index contributed by atoms with van der Waals surface area (Å²) in [5.41, 5.74) is 0. The molecule has 0 aromatic rings. The highest BCUT2D eigenvalue weighted by molar-refractivity contribution is 5.71. The van der Waals surface area contributed by atoms with E-state index in [0.29, 0.717) is 19.3 Å². The second kappa shape index (κ2) is 64.2. The zero-order chi connectivity index (χ0) is 54.3. The van der Waals surface area contributed by atoms with Crippen LogP contribution in [0.1, 0.15) is 367 Å². The highest BCUT2D eigenvalue weighted by Crippen LogP contribution is 2.18. The molecule has 75 heavy (non-hydrogen) atoms. The molecule has 6 heteroatoms. The smallest absolute Gasteiger partial charge is 0.306 e. The average molecular weight is 1050 g/mol. The summed E-state index contributed by atoms with van der Waals surface area (Å²) in [6.07, 6.45) is 78.7. The van der Waals surface area contributed by atoms with E-state index >= 15 is 0 Å². The molecule has 0 N–H and O–H groups in total. The molecule has 440 valence electrons. The van der Waals surface area contributed by atoms with Crippen LogP contribution >= 0.6 is 0 Å². The SMILES string of the molecule is CCCCCC/C=C\CCCCCCCC(=O)OCC(COC(=O)CCCCCCCCCCCCC/C=C\C/C=C\CCCCCCC)OC(=O)CCCCCCCCCCCCCCCCCCCCCCC. The van der Waals surface area contributed by atoms with Crippen molar-refractivity contribution in [2.24, 2.45) is 0 Å². The molecule has 0 aliphatic heterocycles. The topological polar surface area (TPSA) is 78.9 Å². The molecular formula is C69H128O6. The Balaban J connectivity index is 4.27. The van der Waals surface area contributed by atoms with Crippen molar-refractivity contribution >= 4 is 17.9 Å². The molecule has 6 nitrogen and oxygen atoms in total. The van der Waals surface area contributed by atoms with Crippen molar-refractivity contribution < 1.29 is 28.6 Å². The molecule has 0 radical (unpaired) electrons. The summed E-state index contributed by atoms with van der Waals surface area (Å²) in [5, 5.41) is 0. The zero-order valence-electron chi connectivity index (χ0n) is 50.6. The Hall–Kier alpha value is -2.37. The zero-order valence-corrected chi connectivity index (χ0v) is 50.6. The summed E-state index contributed by atoms with van der Waals surface area (Å²) in [4.78, 5) is 38.3. The Bertz CT molecular complexity index is 1250. The third-order valence-electron chi connectivity index (χ3n) is 15.1. The van der Waals surface area contributed by atoms with Crippen LogP contribution < -0.4 is 0 Å². The van der Waals surface area contributed by atoms with E-state index in [4.69, 9.17) is 14.2 Å². The van der Waals surface area contributed by atoms with E-state index in [-0.39, 0.29) is 31.1 Å². The highest BCUT2D eigenvalue weighted by Gasteiger charge is 2.19. The van der Waals surface area contributed by atoms with Crippen molar-refractivity contribution in [2.45, 2.75) is 374 Å². The first kappa shape index (κ1) is 72.6. The summed E-state index contributed by atoms with van der Waals surface area (Å²) in [6, 6.07) is 0. The maximum absolute atomic E-state index is 12.9. The molecule has 0 saturated heterocycles. The molecule has 0 spiro atoms. The van der Waals surface area contributed by atoms with E-state index in [2.05, 4.69) is 57.2 Å². The standard InChI is InChI=1S/C69H128O6/c1-4-7-10-13-16-19-22-25-27-29-31-33-34-36-37-39-41-44-47-50-53-56-59-62-68(71)74-65-66(64-73-67(70)61-58-55-52-49-46-43-24-21-18-15-12-9-6-3)75-69(72)63-60-57-54-51-48-45-42-40-38-35-32-30-28-26-23-20-17-14-11-8-5-2/h21-22,24-25,29,31,66H,4-20,23,26-28,30,32-65H2,1-3H3/b24-21-,25-22-,31-29-. The van der Waals surface area contributed by atoms with E-state index in [9.17, 15) is 14.4 Å². The predicted molar refractivity (Wildman–Crippen MR) is 326 cm³/mol. The molecule has 0 bridgehead atoms.